The SMILES string of the molecule is C#CCCOCC(=O)N1CCc2nc(NC3Cc4ccccc4C3)ncc2C1.N.N.N/C=C(\N)CCOCC(=O)N1CCc2nc(NC3Cc4ccccc4C3)ncc2C1.N/C=C(\N)CCOCC(=O)O.O=C(CCl)N1CCc2nc(NC3Cc4ccccc4C3)ncc2C1.[I][V][I].c1ccc2c(c1)CC(Nc1ncc3c(n1)CCNC3)C2. The number of alkyl halides is 1. The summed E-state index contributed by atoms with van der Waals surface area (Å²) in [4.78, 5) is 88.3. The van der Waals surface area contributed by atoms with Gasteiger partial charge < -0.3 is 95.8 Å². The molecule has 0 saturated heterocycles. The number of nitrogens with one attached hydrogen (secondary N) is 5. The number of aliphatic carboxylic acids is 1. The van der Waals surface area contributed by atoms with Gasteiger partial charge in [0.05, 0.1) is 42.6 Å². The molecule has 8 aromatic rings. The molecule has 0 spiro atoms. The standard InChI is InChI=1S/C22H28N6O2.C22H24N4O2.C18H19ClN4O.C16H18N4.C6H12N2O3.2HI.2H3N.V/c23-11-18(24)6-8-30-14-21(29)28-7-5-20-17(13-28)12-25-22(27-20)26-19-9-15-3-1-2-4-16(15)10-19;1-2-3-10-28-15-21(27)26-9-8-20-18(14-26)13-23-22(25-20)24-19-11-16-6-4-5-7-17(16)12-19;19-9-17(24)23-6-5-16-14(11-23)10-20-18(22-16)21-15-7-12-3-1-2-4-13(12)8-15;1-2-4-12-8-14(7-11(12)3-1)19-16-18-10-13-9-17-6-5-15(13)20-16;7-3-5(8)1-2-11-4-6(9)10;;;;;/h1-4,11-12,19H,5-10,13-14,23-24H2,(H,25,26,27);1,4-7,13,19H,3,8-12,14-15H2,(H,23,24,25);1-4,10,15H,5-9,11H2,(H,20,21,22);1-4,10,14,17H,5-9H2,(H,18,19,20);3H,1-2,4,7-8H2,(H,9,10);2*1H;2*1H3;/q;;;;;;;;;+2/p-2/b18-11-;;;;5-3-;;;;;. The molecule has 4 aromatic carbocycles. The smallest absolute Gasteiger partial charge is 0.223 e. The van der Waals surface area contributed by atoms with Gasteiger partial charge >= 0.3 is 55.4 Å². The fourth-order valence-corrected chi connectivity index (χ4v) is 15.1. The van der Waals surface area contributed by atoms with Crippen LogP contribution in [0.3, 0.4) is 0 Å². The van der Waals surface area contributed by atoms with Gasteiger partial charge in [-0.2, -0.15) is 0 Å². The predicted octanol–water partition coefficient (Wildman–Crippen LogP) is 8.30. The normalized spacial score (nSPS) is 15.4. The maximum Gasteiger partial charge on any atom is 0.223 e. The molecule has 34 heteroatoms. The average molecular weight is 1890 g/mol. The molecule has 0 radical (unpaired) electrons. The molecule has 16 rings (SSSR count). The fraction of sp³-hybridized carbons (Fsp3) is 0.405. The molecule has 627 valence electrons. The number of carboxylic acids is 1. The quantitative estimate of drug-likeness (QED) is 0.0124. The maximum absolute atomic E-state index is 12.4. The van der Waals surface area contributed by atoms with Crippen LogP contribution in [0.4, 0.5) is 23.8 Å². The van der Waals surface area contributed by atoms with Crippen molar-refractivity contribution in [3.05, 3.63) is 235 Å². The first-order valence-electron chi connectivity index (χ1n) is 39.0. The van der Waals surface area contributed by atoms with Crippen molar-refractivity contribution < 1.29 is 48.0 Å². The van der Waals surface area contributed by atoms with Gasteiger partial charge in [0.1, 0.15) is 25.7 Å². The number of terminal acetylenes is 1. The first kappa shape index (κ1) is 92.5. The number of nitrogens with zero attached hydrogens (tertiary/aromatic N) is 11. The molecule has 0 fully saturated rings. The van der Waals surface area contributed by atoms with Crippen molar-refractivity contribution in [2.24, 2.45) is 22.9 Å². The number of ether oxygens (including phenoxy) is 3. The second kappa shape index (κ2) is 48.0. The Balaban J connectivity index is 0.000000170. The van der Waals surface area contributed by atoms with E-state index in [-0.39, 0.29) is 62.3 Å². The van der Waals surface area contributed by atoms with E-state index in [9.17, 15) is 19.2 Å². The predicted molar refractivity (Wildman–Crippen MR) is 470 cm³/mol. The van der Waals surface area contributed by atoms with Crippen LogP contribution in [0, 0.1) is 12.3 Å². The summed E-state index contributed by atoms with van der Waals surface area (Å²) in [6.45, 7) is 6.33. The Kier molecular flexibility index (Phi) is 37.6. The molecule has 0 atom stereocenters. The Morgan fingerprint density at radius 3 is 1.09 bits per heavy atom. The number of fused-ring (bicyclic) bond motifs is 8. The molecule has 118 heavy (non-hydrogen) atoms. The second-order valence-corrected chi connectivity index (χ2v) is 41.1. The fourth-order valence-electron chi connectivity index (χ4n) is 14.9. The van der Waals surface area contributed by atoms with Gasteiger partial charge in [-0.05, 0) is 95.9 Å². The van der Waals surface area contributed by atoms with Crippen LogP contribution >= 0.6 is 51.6 Å². The molecule has 8 aliphatic rings. The van der Waals surface area contributed by atoms with E-state index < -0.39 is 5.97 Å². The monoisotopic (exact) mass is 1890 g/mol. The van der Waals surface area contributed by atoms with E-state index >= 15 is 0 Å². The van der Waals surface area contributed by atoms with E-state index in [0.29, 0.717) is 141 Å². The molecule has 0 saturated carbocycles. The van der Waals surface area contributed by atoms with Crippen molar-refractivity contribution in [2.45, 2.75) is 147 Å². The van der Waals surface area contributed by atoms with E-state index in [1.54, 1.807) is 14.7 Å². The summed E-state index contributed by atoms with van der Waals surface area (Å²) >= 11 is 10.4. The van der Waals surface area contributed by atoms with Gasteiger partial charge in [0.25, 0.3) is 0 Å². The molecule has 0 unspecified atom stereocenters. The number of benzene rings is 4. The van der Waals surface area contributed by atoms with Gasteiger partial charge in [-0.3, -0.25) is 14.4 Å². The minimum atomic E-state index is -0.986. The van der Waals surface area contributed by atoms with Crippen LogP contribution in [0.15, 0.2) is 146 Å². The van der Waals surface area contributed by atoms with E-state index in [4.69, 9.17) is 70.2 Å². The zero-order chi connectivity index (χ0) is 81.6. The number of amides is 3. The number of halogens is 3. The van der Waals surface area contributed by atoms with Gasteiger partial charge in [-0.25, -0.2) is 44.7 Å². The third kappa shape index (κ3) is 27.9. The van der Waals surface area contributed by atoms with Crippen molar-refractivity contribution in [2.75, 3.05) is 93.0 Å². The Bertz CT molecular complexity index is 4660. The molecule has 4 aliphatic heterocycles. The van der Waals surface area contributed by atoms with E-state index in [1.165, 1.54) is 68.2 Å². The zero-order valence-corrected chi connectivity index (χ0v) is 72.8. The summed E-state index contributed by atoms with van der Waals surface area (Å²) < 4.78 is 15.4. The molecule has 4 aliphatic carbocycles. The zero-order valence-electron chi connectivity index (χ0n) is 66.3. The van der Waals surface area contributed by atoms with Gasteiger partial charge in [0, 0.05) is 192 Å². The van der Waals surface area contributed by atoms with E-state index in [1.807, 2.05) is 24.8 Å². The number of carbonyl (C=O) groups excluding carboxylic acids is 3. The third-order valence-corrected chi connectivity index (χ3v) is 21.1. The van der Waals surface area contributed by atoms with Gasteiger partial charge in [-0.15, -0.1) is 23.9 Å². The van der Waals surface area contributed by atoms with E-state index in [0.717, 1.165) is 123 Å². The molecule has 4 aromatic heterocycles. The van der Waals surface area contributed by atoms with Crippen LogP contribution in [0.1, 0.15) is 109 Å². The summed E-state index contributed by atoms with van der Waals surface area (Å²) in [7, 11) is 0.628. The summed E-state index contributed by atoms with van der Waals surface area (Å²) in [5.41, 5.74) is 42.1. The number of nitrogens with two attached hydrogens (primary N) is 4. The second-order valence-electron chi connectivity index (χ2n) is 29.0. The van der Waals surface area contributed by atoms with Gasteiger partial charge in [0.2, 0.25) is 41.5 Å². The van der Waals surface area contributed by atoms with Crippen molar-refractivity contribution in [3.63, 3.8) is 0 Å². The first-order valence-corrected chi connectivity index (χ1v) is 48.5. The summed E-state index contributed by atoms with van der Waals surface area (Å²) in [5, 5.41) is 25.4. The Labute approximate surface area is 723 Å². The van der Waals surface area contributed by atoms with Crippen molar-refractivity contribution in [1.82, 2.24) is 72.2 Å². The Hall–Kier alpha value is -9.39. The Morgan fingerprint density at radius 2 is 0.788 bits per heavy atom. The minimum Gasteiger partial charge on any atom is -0.351 e. The van der Waals surface area contributed by atoms with Crippen molar-refractivity contribution >= 4 is 99.0 Å². The third-order valence-electron chi connectivity index (χ3n) is 20.9. The topological polar surface area (TPSA) is 463 Å². The van der Waals surface area contributed by atoms with Crippen LogP contribution in [0.2, 0.25) is 0 Å². The number of carbonyl (C=O) groups is 4. The number of carboxylic acid groups (broad SMARTS) is 1. The van der Waals surface area contributed by atoms with Gasteiger partial charge in [0.15, 0.2) is 0 Å². The first-order chi connectivity index (χ1) is 56.5. The number of anilines is 4. The molecular formula is C84H107ClI2N22O8V. The average Bonchev–Trinajstić information content (AvgIpc) is 1.46. The number of aromatic nitrogens is 8. The summed E-state index contributed by atoms with van der Waals surface area (Å²) in [6.07, 6.45) is 28.1. The summed E-state index contributed by atoms with van der Waals surface area (Å²) in [5.74, 6) is 4.25. The maximum atomic E-state index is 12.4. The summed E-state index contributed by atoms with van der Waals surface area (Å²) in [6, 6.07) is 35.7. The number of hydrogen-bond donors (Lipinski definition) is 12. The molecule has 3 amide bonds. The van der Waals surface area contributed by atoms with Crippen LogP contribution in [0.5, 0.6) is 0 Å². The number of rotatable bonds is 23. The van der Waals surface area contributed by atoms with Crippen LogP contribution in [-0.4, -0.2) is 179 Å². The van der Waals surface area contributed by atoms with Gasteiger partial charge in [-0.1, -0.05) is 97.1 Å². The molecule has 0 bridgehead atoms. The van der Waals surface area contributed by atoms with Crippen LogP contribution in [-0.2, 0) is 146 Å². The minimum absolute atomic E-state index is 0. The largest absolute Gasteiger partial charge is 0.351 e. The number of hydrogen-bond acceptors (Lipinski definition) is 26. The van der Waals surface area contributed by atoms with Crippen LogP contribution < -0.4 is 61.8 Å². The molecule has 20 N–H and O–H groups in total. The molecule has 8 heterocycles. The van der Waals surface area contributed by atoms with Crippen molar-refractivity contribution in [3.8, 4) is 12.3 Å². The van der Waals surface area contributed by atoms with Crippen LogP contribution in [0.25, 0.3) is 0 Å². The van der Waals surface area contributed by atoms with Crippen molar-refractivity contribution in [1.29, 1.82) is 0 Å². The Morgan fingerprint density at radius 1 is 0.492 bits per heavy atom. The molecular weight excluding hydrogens is 1790 g/mol. The van der Waals surface area contributed by atoms with E-state index in [2.05, 4.69) is 199 Å². The molecule has 30 nitrogen and oxygen atoms in total.